The molecule has 0 saturated carbocycles. The van der Waals surface area contributed by atoms with E-state index < -0.39 is 40.6 Å². The van der Waals surface area contributed by atoms with Gasteiger partial charge >= 0.3 is 18.2 Å². The number of anilines is 1. The highest BCUT2D eigenvalue weighted by Crippen LogP contribution is 2.42. The summed E-state index contributed by atoms with van der Waals surface area (Å²) in [6.45, 7) is -0.277. The maximum Gasteiger partial charge on any atom is 0.414 e. The molecular formula is C31H31Cl3N2O9. The second-order valence-corrected chi connectivity index (χ2v) is 12.2. The number of ether oxygens (including phenoxy) is 6. The van der Waals surface area contributed by atoms with Gasteiger partial charge in [0.05, 0.1) is 36.5 Å². The highest BCUT2D eigenvalue weighted by atomic mass is 35.6. The van der Waals surface area contributed by atoms with Crippen LogP contribution >= 0.6 is 34.8 Å². The molecule has 45 heavy (non-hydrogen) atoms. The summed E-state index contributed by atoms with van der Waals surface area (Å²) in [4.78, 5) is 40.7. The van der Waals surface area contributed by atoms with Gasteiger partial charge in [-0.15, -0.1) is 0 Å². The molecule has 11 nitrogen and oxygen atoms in total. The minimum atomic E-state index is -1.88. The second-order valence-electron chi connectivity index (χ2n) is 9.64. The number of benzene rings is 3. The molecule has 0 radical (unpaired) electrons. The molecule has 0 saturated heterocycles. The number of hydrogen-bond donors (Lipinski definition) is 1. The fourth-order valence-electron chi connectivity index (χ4n) is 4.44. The first-order chi connectivity index (χ1) is 21.7. The van der Waals surface area contributed by atoms with Crippen molar-refractivity contribution >= 4 is 58.6 Å². The number of amides is 2. The number of halogens is 3. The Hall–Kier alpha value is -3.74. The van der Waals surface area contributed by atoms with E-state index in [2.05, 4.69) is 5.32 Å². The van der Waals surface area contributed by atoms with Crippen molar-refractivity contribution in [2.75, 3.05) is 45.2 Å². The summed E-state index contributed by atoms with van der Waals surface area (Å²) < 4.78 is 30.6. The van der Waals surface area contributed by atoms with Crippen LogP contribution in [-0.2, 0) is 30.3 Å². The third-order valence-corrected chi connectivity index (χ3v) is 6.81. The average Bonchev–Trinajstić information content (AvgIpc) is 3.34. The fraction of sp³-hybridized carbons (Fsp3) is 0.323. The number of nitrogens with one attached hydrogen (secondary N) is 1. The van der Waals surface area contributed by atoms with Crippen LogP contribution in [0.5, 0.6) is 5.75 Å². The number of rotatable bonds is 13. The molecule has 14 heteroatoms. The van der Waals surface area contributed by atoms with Crippen LogP contribution in [0.2, 0.25) is 0 Å². The van der Waals surface area contributed by atoms with Gasteiger partial charge in [-0.25, -0.2) is 14.4 Å². The van der Waals surface area contributed by atoms with E-state index in [0.717, 1.165) is 5.56 Å². The number of carbonyl (C=O) groups is 3. The first-order valence-corrected chi connectivity index (χ1v) is 14.8. The number of esters is 1. The third kappa shape index (κ3) is 10.1. The summed E-state index contributed by atoms with van der Waals surface area (Å²) in [6, 6.07) is 20.3. The Kier molecular flexibility index (Phi) is 12.5. The maximum atomic E-state index is 13.5. The van der Waals surface area contributed by atoms with Gasteiger partial charge in [-0.05, 0) is 35.9 Å². The molecule has 0 bridgehead atoms. The van der Waals surface area contributed by atoms with Gasteiger partial charge in [-0.2, -0.15) is 0 Å². The van der Waals surface area contributed by atoms with Gasteiger partial charge in [0.1, 0.15) is 25.6 Å². The van der Waals surface area contributed by atoms with E-state index in [1.807, 2.05) is 30.3 Å². The number of carbonyl (C=O) groups excluding carboxylic acids is 3. The molecule has 1 aliphatic heterocycles. The van der Waals surface area contributed by atoms with Crippen LogP contribution < -0.4 is 15.0 Å². The molecule has 3 aromatic carbocycles. The summed E-state index contributed by atoms with van der Waals surface area (Å²) in [5.74, 6) is -0.254. The highest BCUT2D eigenvalue weighted by molar-refractivity contribution is 6.67. The van der Waals surface area contributed by atoms with Crippen LogP contribution in [-0.4, -0.2) is 68.3 Å². The minimum absolute atomic E-state index is 0.00310. The van der Waals surface area contributed by atoms with Crippen LogP contribution in [0.4, 0.5) is 15.3 Å². The first kappa shape index (κ1) is 34.1. The molecule has 0 aliphatic carbocycles. The lowest BCUT2D eigenvalue weighted by molar-refractivity contribution is -0.00851. The Balaban J connectivity index is 1.62. The van der Waals surface area contributed by atoms with Crippen molar-refractivity contribution in [3.8, 4) is 5.75 Å². The Morgan fingerprint density at radius 3 is 2.29 bits per heavy atom. The minimum Gasteiger partial charge on any atom is -0.468 e. The lowest BCUT2D eigenvalue weighted by Crippen LogP contribution is -2.47. The number of methoxy groups -OCH3 is 1. The molecule has 3 aromatic rings. The van der Waals surface area contributed by atoms with E-state index in [1.54, 1.807) is 55.6 Å². The van der Waals surface area contributed by atoms with Gasteiger partial charge in [-0.3, -0.25) is 4.90 Å². The summed E-state index contributed by atoms with van der Waals surface area (Å²) in [5, 5.41) is 2.80. The molecule has 2 amide bonds. The molecule has 240 valence electrons. The highest BCUT2D eigenvalue weighted by Gasteiger charge is 2.45. The fourth-order valence-corrected chi connectivity index (χ4v) is 4.60. The molecule has 0 fully saturated rings. The zero-order valence-electron chi connectivity index (χ0n) is 24.2. The van der Waals surface area contributed by atoms with Gasteiger partial charge in [0.2, 0.25) is 3.79 Å². The van der Waals surface area contributed by atoms with Crippen molar-refractivity contribution in [1.82, 2.24) is 5.32 Å². The summed E-state index contributed by atoms with van der Waals surface area (Å²) >= 11 is 17.5. The second kappa shape index (κ2) is 16.5. The van der Waals surface area contributed by atoms with Crippen molar-refractivity contribution < 1.29 is 42.8 Å². The van der Waals surface area contributed by atoms with Crippen LogP contribution in [0, 0.1) is 0 Å². The van der Waals surface area contributed by atoms with Crippen molar-refractivity contribution in [1.29, 1.82) is 0 Å². The topological polar surface area (TPSA) is 122 Å². The lowest BCUT2D eigenvalue weighted by atomic mass is 10.0. The van der Waals surface area contributed by atoms with E-state index in [0.29, 0.717) is 35.8 Å². The zero-order valence-corrected chi connectivity index (χ0v) is 26.4. The smallest absolute Gasteiger partial charge is 0.414 e. The number of nitrogens with zero attached hydrogens (tertiary/aromatic N) is 1. The molecule has 2 atom stereocenters. The number of hydrogen-bond acceptors (Lipinski definition) is 9. The lowest BCUT2D eigenvalue weighted by Gasteiger charge is -2.28. The van der Waals surface area contributed by atoms with E-state index in [4.69, 9.17) is 63.2 Å². The van der Waals surface area contributed by atoms with Gasteiger partial charge in [0.15, 0.2) is 6.79 Å². The van der Waals surface area contributed by atoms with Crippen molar-refractivity contribution in [2.45, 2.75) is 22.5 Å². The van der Waals surface area contributed by atoms with Crippen molar-refractivity contribution in [3.05, 3.63) is 95.6 Å². The Labute approximate surface area is 275 Å². The standard InChI is InChI=1S/C31H31Cl3N2O9/c1-40-14-15-41-20-45-23-12-13-25-24(16-23)27(35-29(38)43-17-21-8-4-2-5-9-21)26(36(25)30(39)44-19-31(32,33)34)18-42-28(37)22-10-6-3-7-11-22/h2-13,16,26-27H,14-15,17-20H2,1H3,(H,35,38)/t26-,27+/m1/s1. The SMILES string of the molecule is COCCOCOc1ccc2c(c1)[C@H](NC(=O)OCc1ccccc1)[C@@H](COC(=O)c1ccccc1)N2C(=O)OCC(Cl)(Cl)Cl. The Morgan fingerprint density at radius 1 is 0.889 bits per heavy atom. The Bertz CT molecular complexity index is 1420. The van der Waals surface area contributed by atoms with Crippen LogP contribution in [0.3, 0.4) is 0 Å². The summed E-state index contributed by atoms with van der Waals surface area (Å²) in [7, 11) is 1.56. The van der Waals surface area contributed by atoms with Gasteiger partial charge in [0.25, 0.3) is 0 Å². The maximum absolute atomic E-state index is 13.5. The van der Waals surface area contributed by atoms with Crippen LogP contribution in [0.25, 0.3) is 0 Å². The molecule has 0 unspecified atom stereocenters. The first-order valence-electron chi connectivity index (χ1n) is 13.7. The van der Waals surface area contributed by atoms with Crippen molar-refractivity contribution in [3.63, 3.8) is 0 Å². The van der Waals surface area contributed by atoms with Crippen molar-refractivity contribution in [2.24, 2.45) is 0 Å². The predicted octanol–water partition coefficient (Wildman–Crippen LogP) is 6.21. The zero-order chi connectivity index (χ0) is 32.2. The van der Waals surface area contributed by atoms with Crippen LogP contribution in [0.15, 0.2) is 78.9 Å². The van der Waals surface area contributed by atoms with Crippen LogP contribution in [0.1, 0.15) is 27.5 Å². The average molecular weight is 682 g/mol. The number of fused-ring (bicyclic) bond motifs is 1. The molecule has 4 rings (SSSR count). The third-order valence-electron chi connectivity index (χ3n) is 6.49. The summed E-state index contributed by atoms with van der Waals surface area (Å²) in [5.41, 5.74) is 1.86. The van der Waals surface area contributed by atoms with E-state index in [9.17, 15) is 14.4 Å². The molecule has 0 aromatic heterocycles. The number of alkyl carbamates (subject to hydrolysis) is 1. The predicted molar refractivity (Wildman–Crippen MR) is 167 cm³/mol. The van der Waals surface area contributed by atoms with E-state index in [-0.39, 0.29) is 20.0 Å². The molecule has 1 heterocycles. The monoisotopic (exact) mass is 680 g/mol. The Morgan fingerprint density at radius 2 is 1.60 bits per heavy atom. The molecule has 1 aliphatic rings. The van der Waals surface area contributed by atoms with Gasteiger partial charge in [0, 0.05) is 12.7 Å². The van der Waals surface area contributed by atoms with E-state index >= 15 is 0 Å². The number of alkyl halides is 3. The molecule has 0 spiro atoms. The molecular weight excluding hydrogens is 651 g/mol. The quantitative estimate of drug-likeness (QED) is 0.0738. The van der Waals surface area contributed by atoms with E-state index in [1.165, 1.54) is 4.90 Å². The van der Waals surface area contributed by atoms with Gasteiger partial charge < -0.3 is 33.7 Å². The summed E-state index contributed by atoms with van der Waals surface area (Å²) in [6.07, 6.45) is -1.68. The normalized spacial score (nSPS) is 15.6. The van der Waals surface area contributed by atoms with Gasteiger partial charge in [-0.1, -0.05) is 83.3 Å². The largest absolute Gasteiger partial charge is 0.468 e. The molecule has 1 N–H and O–H groups in total.